The molecule has 2 N–H and O–H groups in total. The second kappa shape index (κ2) is 6.38. The number of ether oxygens (including phenoxy) is 1. The monoisotopic (exact) mass is 271 g/mol. The van der Waals surface area contributed by atoms with Crippen LogP contribution in [0.1, 0.15) is 11.1 Å². The first-order valence-electron chi connectivity index (χ1n) is 6.12. The van der Waals surface area contributed by atoms with Gasteiger partial charge in [0.15, 0.2) is 0 Å². The Morgan fingerprint density at radius 1 is 1.22 bits per heavy atom. The molecule has 4 nitrogen and oxygen atoms in total. The number of nitrogens with zero attached hydrogens (tertiary/aromatic N) is 1. The largest absolute Gasteiger partial charge is 0.493 e. The van der Waals surface area contributed by atoms with Gasteiger partial charge >= 0.3 is 0 Å². The van der Waals surface area contributed by atoms with Gasteiger partial charge in [0.25, 0.3) is 0 Å². The lowest BCUT2D eigenvalue weighted by Crippen LogP contribution is -2.29. The second-order valence-electron chi connectivity index (χ2n) is 4.37. The number of halogens is 1. The van der Waals surface area contributed by atoms with Gasteiger partial charge in [0.2, 0.25) is 0 Å². The number of rotatable bonds is 6. The summed E-state index contributed by atoms with van der Waals surface area (Å²) >= 11 is 6.09. The van der Waals surface area contributed by atoms with Gasteiger partial charge < -0.3 is 14.9 Å². The van der Waals surface area contributed by atoms with Crippen LogP contribution in [0.2, 0.25) is 5.02 Å². The molecule has 2 rings (SSSR count). The normalized spacial score (nSPS) is 13.8. The van der Waals surface area contributed by atoms with E-state index in [0.717, 1.165) is 23.3 Å². The predicted molar refractivity (Wildman–Crippen MR) is 70.1 cm³/mol. The number of aliphatic hydroxyl groups excluding tert-OH is 2. The van der Waals surface area contributed by atoms with Crippen LogP contribution in [0.15, 0.2) is 12.1 Å². The summed E-state index contributed by atoms with van der Waals surface area (Å²) in [5.41, 5.74) is 2.17. The molecule has 5 heteroatoms. The predicted octanol–water partition coefficient (Wildman–Crippen LogP) is 1.06. The second-order valence-corrected chi connectivity index (χ2v) is 4.81. The molecule has 0 unspecified atom stereocenters. The third-order valence-corrected chi connectivity index (χ3v) is 3.27. The fraction of sp³-hybridized carbons (Fsp3) is 0.538. The van der Waals surface area contributed by atoms with Crippen LogP contribution in [0, 0.1) is 0 Å². The zero-order valence-corrected chi connectivity index (χ0v) is 11.0. The summed E-state index contributed by atoms with van der Waals surface area (Å²) in [6.45, 7) is 2.53. The van der Waals surface area contributed by atoms with Crippen molar-refractivity contribution in [3.05, 3.63) is 28.3 Å². The molecule has 0 fully saturated rings. The highest BCUT2D eigenvalue weighted by Crippen LogP contribution is 2.33. The van der Waals surface area contributed by atoms with Crippen molar-refractivity contribution in [2.75, 3.05) is 32.9 Å². The molecule has 0 atom stereocenters. The Bertz CT molecular complexity index is 405. The fourth-order valence-corrected chi connectivity index (χ4v) is 2.52. The highest BCUT2D eigenvalue weighted by atomic mass is 35.5. The van der Waals surface area contributed by atoms with E-state index in [-0.39, 0.29) is 13.2 Å². The molecule has 1 aliphatic rings. The van der Waals surface area contributed by atoms with Gasteiger partial charge in [0.1, 0.15) is 5.75 Å². The van der Waals surface area contributed by atoms with Crippen molar-refractivity contribution in [1.29, 1.82) is 0 Å². The Hall–Kier alpha value is -0.810. The Balaban J connectivity index is 2.17. The van der Waals surface area contributed by atoms with Crippen LogP contribution in [-0.4, -0.2) is 48.0 Å². The molecule has 0 saturated heterocycles. The molecule has 0 aromatic heterocycles. The Morgan fingerprint density at radius 2 is 1.94 bits per heavy atom. The van der Waals surface area contributed by atoms with E-state index in [0.29, 0.717) is 31.3 Å². The van der Waals surface area contributed by atoms with Crippen molar-refractivity contribution in [2.45, 2.75) is 13.0 Å². The molecule has 0 bridgehead atoms. The maximum absolute atomic E-state index is 9.01. The van der Waals surface area contributed by atoms with E-state index in [2.05, 4.69) is 0 Å². The van der Waals surface area contributed by atoms with Gasteiger partial charge in [-0.25, -0.2) is 0 Å². The molecule has 1 aromatic rings. The summed E-state index contributed by atoms with van der Waals surface area (Å²) in [7, 11) is 0. The summed E-state index contributed by atoms with van der Waals surface area (Å²) in [5.74, 6) is 0.917. The Labute approximate surface area is 112 Å². The van der Waals surface area contributed by atoms with Crippen LogP contribution in [0.5, 0.6) is 5.75 Å². The van der Waals surface area contributed by atoms with Crippen molar-refractivity contribution < 1.29 is 14.9 Å². The van der Waals surface area contributed by atoms with Crippen LogP contribution >= 0.6 is 11.6 Å². The number of benzene rings is 1. The van der Waals surface area contributed by atoms with Crippen LogP contribution in [0.4, 0.5) is 0 Å². The van der Waals surface area contributed by atoms with Gasteiger partial charge in [0.05, 0.1) is 19.8 Å². The first-order chi connectivity index (χ1) is 8.74. The standard InChI is InChI=1S/C13H18ClNO3/c14-12-7-10-1-6-18-13(10)11(8-12)9-15(2-4-16)3-5-17/h7-8,16-17H,1-6,9H2. The van der Waals surface area contributed by atoms with E-state index in [1.165, 1.54) is 0 Å². The third kappa shape index (κ3) is 3.14. The maximum atomic E-state index is 9.01. The number of hydrogen-bond donors (Lipinski definition) is 2. The molecule has 100 valence electrons. The van der Waals surface area contributed by atoms with Crippen LogP contribution in [0.25, 0.3) is 0 Å². The minimum atomic E-state index is 0.0730. The molecular formula is C13H18ClNO3. The van der Waals surface area contributed by atoms with E-state index >= 15 is 0 Å². The molecule has 0 spiro atoms. The fourth-order valence-electron chi connectivity index (χ4n) is 2.26. The average molecular weight is 272 g/mol. The molecule has 1 aliphatic heterocycles. The molecule has 0 aliphatic carbocycles. The van der Waals surface area contributed by atoms with Gasteiger partial charge in [0, 0.05) is 36.6 Å². The van der Waals surface area contributed by atoms with Crippen molar-refractivity contribution in [2.24, 2.45) is 0 Å². The lowest BCUT2D eigenvalue weighted by atomic mass is 10.1. The zero-order valence-electron chi connectivity index (χ0n) is 10.2. The van der Waals surface area contributed by atoms with Crippen LogP contribution in [-0.2, 0) is 13.0 Å². The number of hydrogen-bond acceptors (Lipinski definition) is 4. The van der Waals surface area contributed by atoms with Crippen LogP contribution < -0.4 is 4.74 Å². The van der Waals surface area contributed by atoms with E-state index < -0.39 is 0 Å². The molecule has 1 heterocycles. The summed E-state index contributed by atoms with van der Waals surface area (Å²) < 4.78 is 5.63. The molecule has 0 amide bonds. The smallest absolute Gasteiger partial charge is 0.127 e. The Kier molecular flexibility index (Phi) is 4.83. The minimum absolute atomic E-state index is 0.0730. The van der Waals surface area contributed by atoms with Crippen molar-refractivity contribution in [1.82, 2.24) is 4.90 Å². The lowest BCUT2D eigenvalue weighted by molar-refractivity contribution is 0.154. The number of aliphatic hydroxyl groups is 2. The van der Waals surface area contributed by atoms with Gasteiger partial charge in [-0.15, -0.1) is 0 Å². The van der Waals surface area contributed by atoms with Gasteiger partial charge in [-0.05, 0) is 17.7 Å². The topological polar surface area (TPSA) is 52.9 Å². The van der Waals surface area contributed by atoms with E-state index in [4.69, 9.17) is 26.6 Å². The molecule has 0 radical (unpaired) electrons. The van der Waals surface area contributed by atoms with Crippen molar-refractivity contribution in [3.63, 3.8) is 0 Å². The first kappa shape index (κ1) is 13.6. The lowest BCUT2D eigenvalue weighted by Gasteiger charge is -2.21. The number of fused-ring (bicyclic) bond motifs is 1. The van der Waals surface area contributed by atoms with E-state index in [9.17, 15) is 0 Å². The van der Waals surface area contributed by atoms with Gasteiger partial charge in [-0.2, -0.15) is 0 Å². The Morgan fingerprint density at radius 3 is 2.61 bits per heavy atom. The summed E-state index contributed by atoms with van der Waals surface area (Å²) in [5, 5.41) is 18.7. The van der Waals surface area contributed by atoms with Gasteiger partial charge in [-0.1, -0.05) is 11.6 Å². The summed E-state index contributed by atoms with van der Waals surface area (Å²) in [6, 6.07) is 3.84. The summed E-state index contributed by atoms with van der Waals surface area (Å²) in [4.78, 5) is 1.98. The average Bonchev–Trinajstić information content (AvgIpc) is 2.77. The highest BCUT2D eigenvalue weighted by molar-refractivity contribution is 6.30. The maximum Gasteiger partial charge on any atom is 0.127 e. The van der Waals surface area contributed by atoms with Gasteiger partial charge in [-0.3, -0.25) is 4.90 Å². The van der Waals surface area contributed by atoms with E-state index in [1.54, 1.807) is 0 Å². The van der Waals surface area contributed by atoms with Crippen molar-refractivity contribution >= 4 is 11.6 Å². The van der Waals surface area contributed by atoms with Crippen LogP contribution in [0.3, 0.4) is 0 Å². The van der Waals surface area contributed by atoms with Crippen molar-refractivity contribution in [3.8, 4) is 5.75 Å². The molecule has 18 heavy (non-hydrogen) atoms. The third-order valence-electron chi connectivity index (χ3n) is 3.05. The first-order valence-corrected chi connectivity index (χ1v) is 6.50. The molecule has 1 aromatic carbocycles. The SMILES string of the molecule is OCCN(CCO)Cc1cc(Cl)cc2c1OCC2. The minimum Gasteiger partial charge on any atom is -0.493 e. The molecule has 0 saturated carbocycles. The highest BCUT2D eigenvalue weighted by Gasteiger charge is 2.19. The van der Waals surface area contributed by atoms with E-state index in [1.807, 2.05) is 17.0 Å². The molecular weight excluding hydrogens is 254 g/mol. The summed E-state index contributed by atoms with van der Waals surface area (Å²) in [6.07, 6.45) is 0.892. The zero-order chi connectivity index (χ0) is 13.0. The quantitative estimate of drug-likeness (QED) is 0.812.